The molecule has 0 saturated heterocycles. The van der Waals surface area contributed by atoms with Crippen LogP contribution in [-0.4, -0.2) is 35.6 Å². The van der Waals surface area contributed by atoms with Crippen molar-refractivity contribution in [3.63, 3.8) is 0 Å². The van der Waals surface area contributed by atoms with Crippen LogP contribution in [0, 0.1) is 11.8 Å². The second-order valence-corrected chi connectivity index (χ2v) is 3.73. The van der Waals surface area contributed by atoms with Gasteiger partial charge in [0.15, 0.2) is 0 Å². The molecule has 0 aromatic carbocycles. The molecule has 0 aliphatic rings. The zero-order valence-corrected chi connectivity index (χ0v) is 11.4. The van der Waals surface area contributed by atoms with Crippen molar-refractivity contribution >= 4 is 0 Å². The highest BCUT2D eigenvalue weighted by molar-refractivity contribution is 5.24. The molecule has 0 aliphatic carbocycles. The molecule has 0 radical (unpaired) electrons. The number of ether oxygens (including phenoxy) is 2. The van der Waals surface area contributed by atoms with Crippen LogP contribution >= 0.6 is 0 Å². The third-order valence-corrected chi connectivity index (χ3v) is 2.09. The Morgan fingerprint density at radius 3 is 1.56 bits per heavy atom. The number of hydrogen-bond donors (Lipinski definition) is 2. The van der Waals surface area contributed by atoms with Crippen LogP contribution < -0.4 is 0 Å². The van der Waals surface area contributed by atoms with Crippen molar-refractivity contribution in [2.45, 2.75) is 39.9 Å². The maximum absolute atomic E-state index is 9.67. The zero-order chi connectivity index (χ0) is 14.0. The monoisotopic (exact) mass is 254 g/mol. The summed E-state index contributed by atoms with van der Waals surface area (Å²) in [5.74, 6) is 5.12. The van der Waals surface area contributed by atoms with Gasteiger partial charge in [0.1, 0.15) is 12.2 Å². The summed E-state index contributed by atoms with van der Waals surface area (Å²) < 4.78 is 10.1. The van der Waals surface area contributed by atoms with Crippen LogP contribution in [0.25, 0.3) is 0 Å². The van der Waals surface area contributed by atoms with E-state index < -0.39 is 12.2 Å². The van der Waals surface area contributed by atoms with Crippen molar-refractivity contribution in [3.8, 4) is 11.8 Å². The smallest absolute Gasteiger partial charge is 0.139 e. The fourth-order valence-electron chi connectivity index (χ4n) is 0.944. The van der Waals surface area contributed by atoms with Crippen molar-refractivity contribution in [2.24, 2.45) is 0 Å². The van der Waals surface area contributed by atoms with Gasteiger partial charge in [-0.1, -0.05) is 11.8 Å². The quantitative estimate of drug-likeness (QED) is 0.558. The van der Waals surface area contributed by atoms with Crippen molar-refractivity contribution in [1.82, 2.24) is 0 Å². The second kappa shape index (κ2) is 9.58. The summed E-state index contributed by atoms with van der Waals surface area (Å²) in [4.78, 5) is 0. The van der Waals surface area contributed by atoms with E-state index in [1.807, 2.05) is 13.8 Å². The molecule has 4 nitrogen and oxygen atoms in total. The van der Waals surface area contributed by atoms with Crippen LogP contribution in [0.1, 0.15) is 27.7 Å². The van der Waals surface area contributed by atoms with Gasteiger partial charge < -0.3 is 19.7 Å². The van der Waals surface area contributed by atoms with Crippen LogP contribution in [0.4, 0.5) is 0 Å². The second-order valence-electron chi connectivity index (χ2n) is 3.73. The van der Waals surface area contributed by atoms with Gasteiger partial charge in [-0.25, -0.2) is 0 Å². The fourth-order valence-corrected chi connectivity index (χ4v) is 0.944. The molecule has 4 heteroatoms. The third kappa shape index (κ3) is 7.00. The molecule has 0 bridgehead atoms. The summed E-state index contributed by atoms with van der Waals surface area (Å²) in [6.45, 7) is 8.21. The molecule has 2 N–H and O–H groups in total. The van der Waals surface area contributed by atoms with Crippen molar-refractivity contribution in [3.05, 3.63) is 23.7 Å². The molecule has 0 saturated carbocycles. The highest BCUT2D eigenvalue weighted by atomic mass is 16.5. The molecule has 0 fully saturated rings. The molecular formula is C14H22O4. The fraction of sp³-hybridized carbons (Fsp3) is 0.571. The van der Waals surface area contributed by atoms with Gasteiger partial charge in [0.2, 0.25) is 0 Å². The topological polar surface area (TPSA) is 58.9 Å². The average Bonchev–Trinajstić information content (AvgIpc) is 2.38. The number of aliphatic hydroxyl groups is 2. The summed E-state index contributed by atoms with van der Waals surface area (Å²) in [7, 11) is 0. The first-order valence-corrected chi connectivity index (χ1v) is 5.96. The molecule has 2 atom stereocenters. The van der Waals surface area contributed by atoms with Crippen LogP contribution in [0.2, 0.25) is 0 Å². The van der Waals surface area contributed by atoms with Crippen molar-refractivity contribution < 1.29 is 19.7 Å². The van der Waals surface area contributed by atoms with E-state index in [0.29, 0.717) is 24.4 Å². The van der Waals surface area contributed by atoms with E-state index in [1.54, 1.807) is 13.8 Å². The van der Waals surface area contributed by atoms with Gasteiger partial charge >= 0.3 is 0 Å². The molecule has 2 unspecified atom stereocenters. The summed E-state index contributed by atoms with van der Waals surface area (Å²) in [5, 5.41) is 19.3. The van der Waals surface area contributed by atoms with Gasteiger partial charge in [-0.3, -0.25) is 0 Å². The van der Waals surface area contributed by atoms with Gasteiger partial charge in [-0.15, -0.1) is 0 Å². The third-order valence-electron chi connectivity index (χ3n) is 2.09. The van der Waals surface area contributed by atoms with E-state index in [2.05, 4.69) is 11.8 Å². The van der Waals surface area contributed by atoms with E-state index in [4.69, 9.17) is 9.47 Å². The number of aliphatic hydroxyl groups excluding tert-OH is 2. The van der Waals surface area contributed by atoms with E-state index in [0.717, 1.165) is 0 Å². The molecule has 0 spiro atoms. The minimum Gasteiger partial charge on any atom is -0.501 e. The Morgan fingerprint density at radius 2 is 1.28 bits per heavy atom. The molecule has 0 amide bonds. The SMILES string of the molecule is CCO/C=C(\C)C(O)C#CC(O)/C(C)=C/OCC. The molecule has 0 aromatic rings. The zero-order valence-electron chi connectivity index (χ0n) is 11.4. The lowest BCUT2D eigenvalue weighted by Crippen LogP contribution is -2.09. The Labute approximate surface area is 109 Å². The predicted octanol–water partition coefficient (Wildman–Crippen LogP) is 1.59. The molecule has 0 aromatic heterocycles. The lowest BCUT2D eigenvalue weighted by molar-refractivity contribution is 0.230. The van der Waals surface area contributed by atoms with Gasteiger partial charge in [0.05, 0.1) is 25.7 Å². The highest BCUT2D eigenvalue weighted by Gasteiger charge is 2.05. The average molecular weight is 254 g/mol. The highest BCUT2D eigenvalue weighted by Crippen LogP contribution is 2.03. The van der Waals surface area contributed by atoms with E-state index in [1.165, 1.54) is 12.5 Å². The van der Waals surface area contributed by atoms with Gasteiger partial charge in [-0.2, -0.15) is 0 Å². The Balaban J connectivity index is 4.47. The molecule has 18 heavy (non-hydrogen) atoms. The minimum absolute atomic E-state index is 0.538. The van der Waals surface area contributed by atoms with Gasteiger partial charge in [0, 0.05) is 11.1 Å². The van der Waals surface area contributed by atoms with Crippen molar-refractivity contribution in [2.75, 3.05) is 13.2 Å². The summed E-state index contributed by atoms with van der Waals surface area (Å²) in [5.41, 5.74) is 1.20. The normalized spacial score (nSPS) is 15.4. The van der Waals surface area contributed by atoms with Crippen molar-refractivity contribution in [1.29, 1.82) is 0 Å². The Kier molecular flexibility index (Phi) is 8.81. The maximum Gasteiger partial charge on any atom is 0.139 e. The number of rotatable bonds is 6. The van der Waals surface area contributed by atoms with E-state index in [9.17, 15) is 10.2 Å². The Morgan fingerprint density at radius 1 is 0.944 bits per heavy atom. The van der Waals surface area contributed by atoms with Crippen LogP contribution in [0.15, 0.2) is 23.7 Å². The molecule has 0 rings (SSSR count). The first-order valence-electron chi connectivity index (χ1n) is 5.96. The first kappa shape index (κ1) is 16.6. The molecule has 102 valence electrons. The Bertz CT molecular complexity index is 315. The van der Waals surface area contributed by atoms with E-state index in [-0.39, 0.29) is 0 Å². The standard InChI is InChI=1S/C14H22O4/c1-5-17-9-11(3)13(15)7-8-14(16)12(4)10-18-6-2/h9-10,13-16H,5-6H2,1-4H3/b11-9+,12-10+. The maximum atomic E-state index is 9.67. The van der Waals surface area contributed by atoms with E-state index >= 15 is 0 Å². The molecule has 0 heterocycles. The van der Waals surface area contributed by atoms with Gasteiger partial charge in [0.25, 0.3) is 0 Å². The predicted molar refractivity (Wildman–Crippen MR) is 70.6 cm³/mol. The summed E-state index contributed by atoms with van der Waals surface area (Å²) >= 11 is 0. The first-order chi connectivity index (χ1) is 8.52. The van der Waals surface area contributed by atoms with Gasteiger partial charge in [-0.05, 0) is 27.7 Å². The number of hydrogen-bond acceptors (Lipinski definition) is 4. The summed E-state index contributed by atoms with van der Waals surface area (Å²) in [6, 6.07) is 0. The van der Waals surface area contributed by atoms with Crippen LogP contribution in [0.3, 0.4) is 0 Å². The molecule has 0 aliphatic heterocycles. The lowest BCUT2D eigenvalue weighted by Gasteiger charge is -2.06. The molecular weight excluding hydrogens is 232 g/mol. The van der Waals surface area contributed by atoms with Crippen LogP contribution in [-0.2, 0) is 9.47 Å². The van der Waals surface area contributed by atoms with Crippen LogP contribution in [0.5, 0.6) is 0 Å². The Hall–Kier alpha value is -1.44. The lowest BCUT2D eigenvalue weighted by atomic mass is 10.1. The summed E-state index contributed by atoms with van der Waals surface area (Å²) in [6.07, 6.45) is 1.06. The largest absolute Gasteiger partial charge is 0.501 e. The minimum atomic E-state index is -0.939.